The van der Waals surface area contributed by atoms with E-state index in [0.29, 0.717) is 11.4 Å². The molecule has 1 aromatic rings. The van der Waals surface area contributed by atoms with Crippen molar-refractivity contribution < 1.29 is 9.47 Å². The molecule has 88 valence electrons. The molecular formula is C13H18O2S. The van der Waals surface area contributed by atoms with Gasteiger partial charge in [-0.25, -0.2) is 0 Å². The van der Waals surface area contributed by atoms with Crippen LogP contribution in [0.15, 0.2) is 35.2 Å². The van der Waals surface area contributed by atoms with E-state index in [1.807, 2.05) is 17.8 Å². The second-order valence-electron chi connectivity index (χ2n) is 4.05. The maximum atomic E-state index is 5.80. The van der Waals surface area contributed by atoms with E-state index in [-0.39, 0.29) is 6.29 Å². The molecule has 1 saturated heterocycles. The molecule has 3 atom stereocenters. The molecule has 0 spiro atoms. The van der Waals surface area contributed by atoms with Crippen LogP contribution in [0.1, 0.15) is 19.8 Å². The highest BCUT2D eigenvalue weighted by Gasteiger charge is 2.29. The number of ether oxygens (including phenoxy) is 2. The smallest absolute Gasteiger partial charge is 0.157 e. The van der Waals surface area contributed by atoms with Crippen molar-refractivity contribution in [3.63, 3.8) is 0 Å². The molecule has 0 amide bonds. The topological polar surface area (TPSA) is 18.5 Å². The summed E-state index contributed by atoms with van der Waals surface area (Å²) in [6, 6.07) is 10.5. The van der Waals surface area contributed by atoms with Crippen molar-refractivity contribution in [1.82, 2.24) is 0 Å². The summed E-state index contributed by atoms with van der Waals surface area (Å²) in [5, 5.41) is 0.475. The quantitative estimate of drug-likeness (QED) is 0.750. The molecule has 2 rings (SSSR count). The van der Waals surface area contributed by atoms with Gasteiger partial charge in [-0.15, -0.1) is 11.8 Å². The summed E-state index contributed by atoms with van der Waals surface area (Å²) in [4.78, 5) is 1.31. The average Bonchev–Trinajstić information content (AvgIpc) is 2.79. The van der Waals surface area contributed by atoms with Crippen LogP contribution >= 0.6 is 11.8 Å². The molecule has 0 aliphatic carbocycles. The van der Waals surface area contributed by atoms with Gasteiger partial charge in [-0.05, 0) is 18.6 Å². The minimum Gasteiger partial charge on any atom is -0.356 e. The standard InChI is InChI=1S/C13H18O2S/c1-10(12-8-9-13(14-2)15-12)16-11-6-4-3-5-7-11/h3-7,10,12-13H,8-9H2,1-2H3. The van der Waals surface area contributed by atoms with Gasteiger partial charge in [0.25, 0.3) is 0 Å². The maximum absolute atomic E-state index is 5.80. The Morgan fingerprint density at radius 1 is 1.31 bits per heavy atom. The molecule has 3 heteroatoms. The van der Waals surface area contributed by atoms with E-state index >= 15 is 0 Å². The molecule has 16 heavy (non-hydrogen) atoms. The third-order valence-electron chi connectivity index (χ3n) is 2.87. The van der Waals surface area contributed by atoms with Gasteiger partial charge < -0.3 is 9.47 Å². The maximum Gasteiger partial charge on any atom is 0.157 e. The molecule has 3 unspecified atom stereocenters. The van der Waals surface area contributed by atoms with E-state index in [2.05, 4.69) is 31.2 Å². The molecular weight excluding hydrogens is 220 g/mol. The van der Waals surface area contributed by atoms with Crippen LogP contribution < -0.4 is 0 Å². The van der Waals surface area contributed by atoms with Crippen molar-refractivity contribution in [3.05, 3.63) is 30.3 Å². The average molecular weight is 238 g/mol. The third kappa shape index (κ3) is 3.00. The van der Waals surface area contributed by atoms with Gasteiger partial charge in [0, 0.05) is 23.7 Å². The Morgan fingerprint density at radius 2 is 2.06 bits per heavy atom. The Balaban J connectivity index is 1.87. The lowest BCUT2D eigenvalue weighted by Crippen LogP contribution is -2.21. The monoisotopic (exact) mass is 238 g/mol. The van der Waals surface area contributed by atoms with Crippen molar-refractivity contribution in [2.75, 3.05) is 7.11 Å². The number of rotatable bonds is 4. The molecule has 2 nitrogen and oxygen atoms in total. The van der Waals surface area contributed by atoms with Crippen molar-refractivity contribution in [3.8, 4) is 0 Å². The van der Waals surface area contributed by atoms with Gasteiger partial charge >= 0.3 is 0 Å². The number of hydrogen-bond donors (Lipinski definition) is 0. The zero-order chi connectivity index (χ0) is 11.4. The van der Waals surface area contributed by atoms with Gasteiger partial charge in [0.15, 0.2) is 6.29 Å². The molecule has 1 fully saturated rings. The summed E-state index contributed by atoms with van der Waals surface area (Å²) in [7, 11) is 1.71. The second kappa shape index (κ2) is 5.71. The van der Waals surface area contributed by atoms with E-state index < -0.39 is 0 Å². The molecule has 1 heterocycles. The van der Waals surface area contributed by atoms with E-state index in [1.165, 1.54) is 4.90 Å². The zero-order valence-corrected chi connectivity index (χ0v) is 10.6. The summed E-state index contributed by atoms with van der Waals surface area (Å²) in [6.07, 6.45) is 2.43. The SMILES string of the molecule is COC1CCC(C(C)Sc2ccccc2)O1. The molecule has 1 aromatic carbocycles. The number of methoxy groups -OCH3 is 1. The predicted octanol–water partition coefficient (Wildman–Crippen LogP) is 3.32. The predicted molar refractivity (Wildman–Crippen MR) is 66.7 cm³/mol. The summed E-state index contributed by atoms with van der Waals surface area (Å²) >= 11 is 1.87. The van der Waals surface area contributed by atoms with E-state index in [0.717, 1.165) is 12.8 Å². The molecule has 0 saturated carbocycles. The van der Waals surface area contributed by atoms with Crippen LogP contribution in [0, 0.1) is 0 Å². The summed E-state index contributed by atoms with van der Waals surface area (Å²) in [6.45, 7) is 2.22. The van der Waals surface area contributed by atoms with Crippen molar-refractivity contribution in [2.24, 2.45) is 0 Å². The summed E-state index contributed by atoms with van der Waals surface area (Å²) in [5.74, 6) is 0. The van der Waals surface area contributed by atoms with Crippen LogP contribution in [0.25, 0.3) is 0 Å². The van der Waals surface area contributed by atoms with E-state index in [1.54, 1.807) is 7.11 Å². The van der Waals surface area contributed by atoms with Gasteiger partial charge in [0.2, 0.25) is 0 Å². The largest absolute Gasteiger partial charge is 0.356 e. The van der Waals surface area contributed by atoms with Crippen LogP contribution in [0.5, 0.6) is 0 Å². The molecule has 1 aliphatic rings. The zero-order valence-electron chi connectivity index (χ0n) is 9.76. The lowest BCUT2D eigenvalue weighted by molar-refractivity contribution is -0.113. The van der Waals surface area contributed by atoms with Crippen LogP contribution in [-0.2, 0) is 9.47 Å². The Hall–Kier alpha value is -0.510. The fourth-order valence-corrected chi connectivity index (χ4v) is 3.04. The molecule has 0 aromatic heterocycles. The Morgan fingerprint density at radius 3 is 2.69 bits per heavy atom. The van der Waals surface area contributed by atoms with Gasteiger partial charge in [-0.2, -0.15) is 0 Å². The lowest BCUT2D eigenvalue weighted by atomic mass is 10.2. The van der Waals surface area contributed by atoms with E-state index in [4.69, 9.17) is 9.47 Å². The highest BCUT2D eigenvalue weighted by Crippen LogP contribution is 2.32. The Bertz CT molecular complexity index is 315. The lowest BCUT2D eigenvalue weighted by Gasteiger charge is -2.19. The number of benzene rings is 1. The van der Waals surface area contributed by atoms with E-state index in [9.17, 15) is 0 Å². The van der Waals surface area contributed by atoms with Crippen LogP contribution in [-0.4, -0.2) is 24.8 Å². The minimum absolute atomic E-state index is 0.00354. The fraction of sp³-hybridized carbons (Fsp3) is 0.538. The molecule has 1 aliphatic heterocycles. The van der Waals surface area contributed by atoms with Crippen LogP contribution in [0.2, 0.25) is 0 Å². The molecule has 0 radical (unpaired) electrons. The van der Waals surface area contributed by atoms with Crippen molar-refractivity contribution >= 4 is 11.8 Å². The summed E-state index contributed by atoms with van der Waals surface area (Å²) < 4.78 is 11.0. The number of thioether (sulfide) groups is 1. The summed E-state index contributed by atoms with van der Waals surface area (Å²) in [5.41, 5.74) is 0. The van der Waals surface area contributed by atoms with Gasteiger partial charge in [-0.3, -0.25) is 0 Å². The first-order valence-corrected chi connectivity index (χ1v) is 6.57. The number of hydrogen-bond acceptors (Lipinski definition) is 3. The van der Waals surface area contributed by atoms with Gasteiger partial charge in [-0.1, -0.05) is 25.1 Å². The first-order valence-electron chi connectivity index (χ1n) is 5.69. The van der Waals surface area contributed by atoms with Crippen LogP contribution in [0.3, 0.4) is 0 Å². The second-order valence-corrected chi connectivity index (χ2v) is 5.50. The minimum atomic E-state index is 0.00354. The highest BCUT2D eigenvalue weighted by atomic mass is 32.2. The van der Waals surface area contributed by atoms with Crippen LogP contribution in [0.4, 0.5) is 0 Å². The first-order chi connectivity index (χ1) is 7.79. The Labute approximate surface area is 101 Å². The molecule has 0 N–H and O–H groups in total. The van der Waals surface area contributed by atoms with Gasteiger partial charge in [0.05, 0.1) is 6.10 Å². The molecule has 0 bridgehead atoms. The third-order valence-corrected chi connectivity index (χ3v) is 4.08. The van der Waals surface area contributed by atoms with Gasteiger partial charge in [0.1, 0.15) is 0 Å². The normalized spacial score (nSPS) is 26.9. The first kappa shape index (κ1) is 12.0. The van der Waals surface area contributed by atoms with Crippen molar-refractivity contribution in [1.29, 1.82) is 0 Å². The van der Waals surface area contributed by atoms with Crippen molar-refractivity contribution in [2.45, 2.75) is 42.3 Å². The fourth-order valence-electron chi connectivity index (χ4n) is 1.94. The highest BCUT2D eigenvalue weighted by molar-refractivity contribution is 8.00. The Kier molecular flexibility index (Phi) is 4.27.